The molecule has 0 aliphatic heterocycles. The van der Waals surface area contributed by atoms with Gasteiger partial charge in [-0.1, -0.05) is 6.07 Å². The van der Waals surface area contributed by atoms with Crippen molar-refractivity contribution >= 4 is 15.8 Å². The third-order valence-corrected chi connectivity index (χ3v) is 3.45. The molecule has 1 N–H and O–H groups in total. The van der Waals surface area contributed by atoms with Crippen LogP contribution in [-0.4, -0.2) is 31.9 Å². The topological polar surface area (TPSA) is 80.7 Å². The molecular formula is C12H16O5S. The van der Waals surface area contributed by atoms with Crippen LogP contribution in [0.4, 0.5) is 0 Å². The zero-order valence-corrected chi connectivity index (χ0v) is 11.1. The van der Waals surface area contributed by atoms with Crippen LogP contribution in [0.3, 0.4) is 0 Å². The van der Waals surface area contributed by atoms with Crippen LogP contribution >= 0.6 is 0 Å². The van der Waals surface area contributed by atoms with E-state index in [0.29, 0.717) is 12.2 Å². The molecule has 18 heavy (non-hydrogen) atoms. The predicted octanol–water partition coefficient (Wildman–Crippen LogP) is 1.72. The summed E-state index contributed by atoms with van der Waals surface area (Å²) in [6.45, 7) is 1.75. The van der Waals surface area contributed by atoms with Crippen LogP contribution in [0.1, 0.15) is 19.8 Å². The fraction of sp³-hybridized carbons (Fsp3) is 0.417. The van der Waals surface area contributed by atoms with Crippen LogP contribution in [0, 0.1) is 0 Å². The van der Waals surface area contributed by atoms with Crippen molar-refractivity contribution in [1.29, 1.82) is 0 Å². The van der Waals surface area contributed by atoms with Crippen LogP contribution in [0.25, 0.3) is 0 Å². The van der Waals surface area contributed by atoms with Gasteiger partial charge in [-0.05, 0) is 31.5 Å². The van der Waals surface area contributed by atoms with Crippen molar-refractivity contribution in [3.63, 3.8) is 0 Å². The van der Waals surface area contributed by atoms with Gasteiger partial charge < -0.3 is 9.84 Å². The van der Waals surface area contributed by atoms with Gasteiger partial charge in [-0.15, -0.1) is 0 Å². The monoisotopic (exact) mass is 272 g/mol. The van der Waals surface area contributed by atoms with E-state index in [1.807, 2.05) is 0 Å². The van der Waals surface area contributed by atoms with E-state index in [2.05, 4.69) is 0 Å². The van der Waals surface area contributed by atoms with Crippen molar-refractivity contribution in [3.05, 3.63) is 24.3 Å². The quantitative estimate of drug-likeness (QED) is 0.852. The van der Waals surface area contributed by atoms with Crippen LogP contribution in [0.2, 0.25) is 0 Å². The molecule has 0 radical (unpaired) electrons. The first-order valence-corrected chi connectivity index (χ1v) is 7.37. The highest BCUT2D eigenvalue weighted by Crippen LogP contribution is 2.19. The highest BCUT2D eigenvalue weighted by atomic mass is 32.2. The number of benzene rings is 1. The number of hydrogen-bond donors (Lipinski definition) is 1. The van der Waals surface area contributed by atoms with Crippen molar-refractivity contribution in [2.75, 3.05) is 6.26 Å². The van der Waals surface area contributed by atoms with E-state index in [9.17, 15) is 13.2 Å². The van der Waals surface area contributed by atoms with Gasteiger partial charge in [-0.3, -0.25) is 4.79 Å². The van der Waals surface area contributed by atoms with Gasteiger partial charge in [0.1, 0.15) is 5.75 Å². The van der Waals surface area contributed by atoms with E-state index >= 15 is 0 Å². The number of aliphatic carboxylic acids is 1. The molecule has 1 unspecified atom stereocenters. The van der Waals surface area contributed by atoms with E-state index in [-0.39, 0.29) is 17.4 Å². The molecule has 100 valence electrons. The van der Waals surface area contributed by atoms with Gasteiger partial charge >= 0.3 is 5.97 Å². The highest BCUT2D eigenvalue weighted by Gasteiger charge is 2.10. The Kier molecular flexibility index (Phi) is 4.72. The zero-order chi connectivity index (χ0) is 13.8. The molecule has 0 saturated carbocycles. The fourth-order valence-electron chi connectivity index (χ4n) is 1.40. The van der Waals surface area contributed by atoms with E-state index in [1.165, 1.54) is 12.1 Å². The standard InChI is InChI=1S/C12H16O5S/c1-9(6-7-12(13)14)17-10-4-3-5-11(8-10)18(2,15)16/h3-5,8-9H,6-7H2,1-2H3,(H,13,14). The van der Waals surface area contributed by atoms with Crippen molar-refractivity contribution < 1.29 is 23.1 Å². The minimum Gasteiger partial charge on any atom is -0.491 e. The molecule has 0 aliphatic rings. The lowest BCUT2D eigenvalue weighted by Gasteiger charge is -2.14. The van der Waals surface area contributed by atoms with Crippen molar-refractivity contribution in [2.45, 2.75) is 30.8 Å². The maximum Gasteiger partial charge on any atom is 0.303 e. The van der Waals surface area contributed by atoms with E-state index in [4.69, 9.17) is 9.84 Å². The number of carboxylic acid groups (broad SMARTS) is 1. The molecule has 0 spiro atoms. The van der Waals surface area contributed by atoms with E-state index in [1.54, 1.807) is 19.1 Å². The predicted molar refractivity (Wildman–Crippen MR) is 66.5 cm³/mol. The Morgan fingerprint density at radius 2 is 2.11 bits per heavy atom. The minimum absolute atomic E-state index is 0.0208. The summed E-state index contributed by atoms with van der Waals surface area (Å²) in [7, 11) is -3.26. The van der Waals surface area contributed by atoms with Gasteiger partial charge in [-0.25, -0.2) is 8.42 Å². The summed E-state index contributed by atoms with van der Waals surface area (Å²) in [4.78, 5) is 10.6. The Hall–Kier alpha value is -1.56. The van der Waals surface area contributed by atoms with Crippen molar-refractivity contribution in [1.82, 2.24) is 0 Å². The van der Waals surface area contributed by atoms with Gasteiger partial charge in [-0.2, -0.15) is 0 Å². The molecule has 5 nitrogen and oxygen atoms in total. The number of rotatable bonds is 6. The second-order valence-electron chi connectivity index (χ2n) is 4.11. The molecule has 0 heterocycles. The van der Waals surface area contributed by atoms with Crippen LogP contribution in [0.5, 0.6) is 5.75 Å². The number of carboxylic acids is 1. The summed E-state index contributed by atoms with van der Waals surface area (Å²) in [6, 6.07) is 6.16. The van der Waals surface area contributed by atoms with Gasteiger partial charge in [0, 0.05) is 12.7 Å². The molecule has 1 aromatic carbocycles. The number of carbonyl (C=O) groups is 1. The average Bonchev–Trinajstić information content (AvgIpc) is 2.25. The van der Waals surface area contributed by atoms with Gasteiger partial charge in [0.2, 0.25) is 0 Å². The molecule has 6 heteroatoms. The largest absolute Gasteiger partial charge is 0.491 e. The lowest BCUT2D eigenvalue weighted by molar-refractivity contribution is -0.137. The summed E-state index contributed by atoms with van der Waals surface area (Å²) in [5, 5.41) is 8.54. The first-order valence-electron chi connectivity index (χ1n) is 5.47. The SMILES string of the molecule is CC(CCC(=O)O)Oc1cccc(S(C)(=O)=O)c1. The van der Waals surface area contributed by atoms with Crippen LogP contribution in [0.15, 0.2) is 29.2 Å². The highest BCUT2D eigenvalue weighted by molar-refractivity contribution is 7.90. The molecule has 0 amide bonds. The molecule has 1 atom stereocenters. The zero-order valence-electron chi connectivity index (χ0n) is 10.3. The second-order valence-corrected chi connectivity index (χ2v) is 6.12. The fourth-order valence-corrected chi connectivity index (χ4v) is 2.05. The Morgan fingerprint density at radius 3 is 2.67 bits per heavy atom. The molecule has 0 fully saturated rings. The Balaban J connectivity index is 2.71. The molecular weight excluding hydrogens is 256 g/mol. The van der Waals surface area contributed by atoms with Crippen molar-refractivity contribution in [2.24, 2.45) is 0 Å². The minimum atomic E-state index is -3.26. The van der Waals surface area contributed by atoms with Crippen LogP contribution < -0.4 is 4.74 Å². The van der Waals surface area contributed by atoms with Crippen molar-refractivity contribution in [3.8, 4) is 5.75 Å². The molecule has 0 saturated heterocycles. The first kappa shape index (κ1) is 14.5. The summed E-state index contributed by atoms with van der Waals surface area (Å²) in [5.74, 6) is -0.453. The van der Waals surface area contributed by atoms with E-state index < -0.39 is 15.8 Å². The van der Waals surface area contributed by atoms with Crippen LogP contribution in [-0.2, 0) is 14.6 Å². The molecule has 1 rings (SSSR count). The summed E-state index contributed by atoms with van der Waals surface area (Å²) in [6.07, 6.45) is 1.24. The van der Waals surface area contributed by atoms with Gasteiger partial charge in [0.25, 0.3) is 0 Å². The number of ether oxygens (including phenoxy) is 1. The second kappa shape index (κ2) is 5.86. The van der Waals surface area contributed by atoms with Gasteiger partial charge in [0.15, 0.2) is 9.84 Å². The summed E-state index contributed by atoms with van der Waals surface area (Å²) >= 11 is 0. The lowest BCUT2D eigenvalue weighted by atomic mass is 10.2. The van der Waals surface area contributed by atoms with Gasteiger partial charge in [0.05, 0.1) is 11.0 Å². The molecule has 1 aromatic rings. The number of sulfone groups is 1. The molecule has 0 bridgehead atoms. The third-order valence-electron chi connectivity index (χ3n) is 2.34. The maximum atomic E-state index is 11.4. The first-order chi connectivity index (χ1) is 8.29. The lowest BCUT2D eigenvalue weighted by Crippen LogP contribution is -2.14. The smallest absolute Gasteiger partial charge is 0.303 e. The Bertz CT molecular complexity index is 521. The normalized spacial score (nSPS) is 13.0. The summed E-state index contributed by atoms with van der Waals surface area (Å²) < 4.78 is 28.2. The molecule has 0 aromatic heterocycles. The Morgan fingerprint density at radius 1 is 1.44 bits per heavy atom. The maximum absolute atomic E-state index is 11.4. The summed E-state index contributed by atoms with van der Waals surface area (Å²) in [5.41, 5.74) is 0. The Labute approximate surface area is 106 Å². The van der Waals surface area contributed by atoms with E-state index in [0.717, 1.165) is 6.26 Å². The molecule has 0 aliphatic carbocycles. The number of hydrogen-bond acceptors (Lipinski definition) is 4. The average molecular weight is 272 g/mol. The third kappa shape index (κ3) is 4.75.